The number of carboxylic acid groups (broad SMARTS) is 1. The second-order valence-corrected chi connectivity index (χ2v) is 7.69. The Bertz CT molecular complexity index is 1020. The zero-order chi connectivity index (χ0) is 22.5. The van der Waals surface area contributed by atoms with Crippen molar-refractivity contribution >= 4 is 35.0 Å². The first-order chi connectivity index (χ1) is 14.8. The van der Waals surface area contributed by atoms with Crippen molar-refractivity contribution in [3.8, 4) is 0 Å². The van der Waals surface area contributed by atoms with Gasteiger partial charge in [0, 0.05) is 23.6 Å². The number of carboxylic acids is 1. The molecule has 0 spiro atoms. The molecule has 1 atom stereocenters. The van der Waals surface area contributed by atoms with Crippen LogP contribution >= 0.6 is 11.6 Å². The molecule has 2 N–H and O–H groups in total. The van der Waals surface area contributed by atoms with Gasteiger partial charge in [0.2, 0.25) is 0 Å². The molecule has 0 aliphatic carbocycles. The number of Topliss-reactive ketones (excluding diaryl/α,β-unsaturated/α-hetero) is 1. The van der Waals surface area contributed by atoms with Crippen LogP contribution < -0.4 is 0 Å². The first kappa shape index (κ1) is 22.5. The Hall–Kier alpha value is -3.19. The lowest BCUT2D eigenvalue weighted by Crippen LogP contribution is -2.30. The fraction of sp³-hybridized carbons (Fsp3) is 0.261. The van der Waals surface area contributed by atoms with E-state index in [2.05, 4.69) is 0 Å². The zero-order valence-electron chi connectivity index (χ0n) is 16.6. The number of ketones is 1. The predicted octanol–water partition coefficient (Wildman–Crippen LogP) is 4.55. The second-order valence-electron chi connectivity index (χ2n) is 7.26. The lowest BCUT2D eigenvalue weighted by molar-refractivity contribution is -0.140. The fourth-order valence-electron chi connectivity index (χ4n) is 3.60. The maximum atomic E-state index is 13.3. The summed E-state index contributed by atoms with van der Waals surface area (Å²) in [5.74, 6) is -3.34. The molecule has 2 aromatic rings. The van der Waals surface area contributed by atoms with Gasteiger partial charge in [-0.3, -0.25) is 14.4 Å². The van der Waals surface area contributed by atoms with Crippen LogP contribution in [0.4, 0.5) is 4.39 Å². The van der Waals surface area contributed by atoms with Gasteiger partial charge in [0.05, 0.1) is 11.6 Å². The van der Waals surface area contributed by atoms with Crippen molar-refractivity contribution in [2.45, 2.75) is 31.7 Å². The number of amides is 1. The lowest BCUT2D eigenvalue weighted by Gasteiger charge is -2.25. The largest absolute Gasteiger partial charge is 0.507 e. The van der Waals surface area contributed by atoms with Gasteiger partial charge in [-0.25, -0.2) is 4.39 Å². The monoisotopic (exact) mass is 445 g/mol. The average molecular weight is 446 g/mol. The molecule has 0 aromatic heterocycles. The zero-order valence-corrected chi connectivity index (χ0v) is 17.3. The molecular weight excluding hydrogens is 425 g/mol. The highest BCUT2D eigenvalue weighted by atomic mass is 35.5. The number of hydrogen-bond acceptors (Lipinski definition) is 4. The standard InChI is InChI=1S/C23H21ClFNO5/c24-16-9-5-14(6-10-16)20-19(21(29)15-7-11-17(25)12-8-15)22(30)23(31)26(20)13-3-1-2-4-18(27)28/h5-12,20,29H,1-4,13H2,(H,27,28)/b21-19-. The van der Waals surface area contributed by atoms with Gasteiger partial charge in [0.15, 0.2) is 0 Å². The first-order valence-electron chi connectivity index (χ1n) is 9.81. The fourth-order valence-corrected chi connectivity index (χ4v) is 3.73. The quantitative estimate of drug-likeness (QED) is 0.269. The number of likely N-dealkylation sites (tertiary alicyclic amines) is 1. The Kier molecular flexibility index (Phi) is 7.07. The molecule has 0 saturated carbocycles. The van der Waals surface area contributed by atoms with Crippen molar-refractivity contribution in [2.24, 2.45) is 0 Å². The summed E-state index contributed by atoms with van der Waals surface area (Å²) in [7, 11) is 0. The van der Waals surface area contributed by atoms with Crippen molar-refractivity contribution in [3.05, 3.63) is 76.1 Å². The van der Waals surface area contributed by atoms with Crippen molar-refractivity contribution in [2.75, 3.05) is 6.54 Å². The molecule has 6 nitrogen and oxygen atoms in total. The SMILES string of the molecule is O=C(O)CCCCCN1C(=O)C(=O)/C(=C(\O)c2ccc(F)cc2)C1c1ccc(Cl)cc1. The van der Waals surface area contributed by atoms with E-state index in [-0.39, 0.29) is 29.9 Å². The molecule has 1 heterocycles. The molecule has 1 saturated heterocycles. The number of aliphatic hydroxyl groups excluding tert-OH is 1. The highest BCUT2D eigenvalue weighted by molar-refractivity contribution is 6.46. The number of benzene rings is 2. The lowest BCUT2D eigenvalue weighted by atomic mass is 9.95. The van der Waals surface area contributed by atoms with Gasteiger partial charge in [-0.1, -0.05) is 30.2 Å². The summed E-state index contributed by atoms with van der Waals surface area (Å²) >= 11 is 5.97. The van der Waals surface area contributed by atoms with E-state index < -0.39 is 29.5 Å². The minimum absolute atomic E-state index is 0.0317. The Morgan fingerprint density at radius 2 is 1.61 bits per heavy atom. The molecule has 1 aliphatic rings. The molecule has 31 heavy (non-hydrogen) atoms. The number of hydrogen-bond donors (Lipinski definition) is 2. The molecule has 0 bridgehead atoms. The van der Waals surface area contributed by atoms with Gasteiger partial charge in [-0.2, -0.15) is 0 Å². The van der Waals surface area contributed by atoms with Crippen molar-refractivity contribution < 1.29 is 29.0 Å². The number of halogens is 2. The summed E-state index contributed by atoms with van der Waals surface area (Å²) in [5, 5.41) is 20.1. The highest BCUT2D eigenvalue weighted by Gasteiger charge is 2.45. The van der Waals surface area contributed by atoms with Crippen molar-refractivity contribution in [3.63, 3.8) is 0 Å². The van der Waals surface area contributed by atoms with Gasteiger partial charge in [0.1, 0.15) is 11.6 Å². The van der Waals surface area contributed by atoms with Gasteiger partial charge in [0.25, 0.3) is 11.7 Å². The van der Waals surface area contributed by atoms with Crippen LogP contribution in [0.25, 0.3) is 5.76 Å². The maximum absolute atomic E-state index is 13.3. The summed E-state index contributed by atoms with van der Waals surface area (Å²) in [6.07, 6.45) is 1.56. The highest BCUT2D eigenvalue weighted by Crippen LogP contribution is 2.39. The number of rotatable bonds is 8. The Morgan fingerprint density at radius 3 is 2.23 bits per heavy atom. The van der Waals surface area contributed by atoms with Gasteiger partial charge in [-0.15, -0.1) is 0 Å². The summed E-state index contributed by atoms with van der Waals surface area (Å²) in [6.45, 7) is 0.220. The van der Waals surface area contributed by atoms with E-state index in [0.29, 0.717) is 29.8 Å². The van der Waals surface area contributed by atoms with E-state index in [1.807, 2.05) is 0 Å². The van der Waals surface area contributed by atoms with E-state index in [1.165, 1.54) is 17.0 Å². The summed E-state index contributed by atoms with van der Waals surface area (Å²) in [4.78, 5) is 37.7. The van der Waals surface area contributed by atoms with Crippen molar-refractivity contribution in [1.29, 1.82) is 0 Å². The number of carbonyl (C=O) groups is 3. The molecule has 1 unspecified atom stereocenters. The van der Waals surface area contributed by atoms with E-state index in [1.54, 1.807) is 24.3 Å². The van der Waals surface area contributed by atoms with Crippen molar-refractivity contribution in [1.82, 2.24) is 4.90 Å². The number of aliphatic carboxylic acids is 1. The van der Waals surface area contributed by atoms with Gasteiger partial charge >= 0.3 is 5.97 Å². The summed E-state index contributed by atoms with van der Waals surface area (Å²) in [6, 6.07) is 10.8. The van der Waals surface area contributed by atoms with Crippen LogP contribution in [-0.2, 0) is 14.4 Å². The summed E-state index contributed by atoms with van der Waals surface area (Å²) in [5.41, 5.74) is 0.738. The molecule has 162 valence electrons. The van der Waals surface area contributed by atoms with E-state index in [0.717, 1.165) is 12.1 Å². The molecule has 0 radical (unpaired) electrons. The molecule has 3 rings (SSSR count). The molecular formula is C23H21ClFNO5. The van der Waals surface area contributed by atoms with Crippen LogP contribution in [0, 0.1) is 5.82 Å². The Labute approximate surface area is 183 Å². The first-order valence-corrected chi connectivity index (χ1v) is 10.2. The molecule has 1 amide bonds. The third-order valence-corrected chi connectivity index (χ3v) is 5.38. The number of carbonyl (C=O) groups excluding carboxylic acids is 2. The molecule has 1 fully saturated rings. The normalized spacial score (nSPS) is 17.9. The van der Waals surface area contributed by atoms with Gasteiger partial charge < -0.3 is 15.1 Å². The minimum Gasteiger partial charge on any atom is -0.507 e. The molecule has 1 aliphatic heterocycles. The third kappa shape index (κ3) is 5.11. The van der Waals surface area contributed by atoms with Crippen LogP contribution in [0.2, 0.25) is 5.02 Å². The van der Waals surface area contributed by atoms with Crippen LogP contribution in [0.15, 0.2) is 54.1 Å². The molecule has 2 aromatic carbocycles. The van der Waals surface area contributed by atoms with Crippen LogP contribution in [0.3, 0.4) is 0 Å². The van der Waals surface area contributed by atoms with Crippen LogP contribution in [0.5, 0.6) is 0 Å². The number of nitrogens with zero attached hydrogens (tertiary/aromatic N) is 1. The maximum Gasteiger partial charge on any atom is 0.303 e. The van der Waals surface area contributed by atoms with E-state index >= 15 is 0 Å². The third-order valence-electron chi connectivity index (χ3n) is 5.13. The molecule has 8 heteroatoms. The van der Waals surface area contributed by atoms with Crippen LogP contribution in [0.1, 0.15) is 42.9 Å². The predicted molar refractivity (Wildman–Crippen MR) is 113 cm³/mol. The topological polar surface area (TPSA) is 94.9 Å². The number of aliphatic hydroxyl groups is 1. The van der Waals surface area contributed by atoms with E-state index in [4.69, 9.17) is 16.7 Å². The summed E-state index contributed by atoms with van der Waals surface area (Å²) < 4.78 is 13.3. The Morgan fingerprint density at radius 1 is 0.968 bits per heavy atom. The van der Waals surface area contributed by atoms with Gasteiger partial charge in [-0.05, 0) is 54.8 Å². The minimum atomic E-state index is -0.888. The van der Waals surface area contributed by atoms with Crippen LogP contribution in [-0.4, -0.2) is 39.3 Å². The average Bonchev–Trinajstić information content (AvgIpc) is 2.99. The number of unbranched alkanes of at least 4 members (excludes halogenated alkanes) is 2. The second kappa shape index (κ2) is 9.75. The smallest absolute Gasteiger partial charge is 0.303 e. The van der Waals surface area contributed by atoms with E-state index in [9.17, 15) is 23.9 Å². The Balaban J connectivity index is 1.96.